The van der Waals surface area contributed by atoms with Crippen LogP contribution in [0.1, 0.15) is 10.4 Å². The number of nitrogens with two attached hydrogens (primary N) is 1. The number of hydrogen-bond acceptors (Lipinski definition) is 3. The lowest BCUT2D eigenvalue weighted by molar-refractivity contribution is -0.274. The largest absolute Gasteiger partial charge is 0.573 e. The summed E-state index contributed by atoms with van der Waals surface area (Å²) in [5, 5.41) is 9.78. The molecule has 21 heavy (non-hydrogen) atoms. The molecule has 0 atom stereocenters. The predicted molar refractivity (Wildman–Crippen MR) is 68.7 cm³/mol. The van der Waals surface area contributed by atoms with Gasteiger partial charge in [-0.15, -0.1) is 13.2 Å². The monoisotopic (exact) mass is 297 g/mol. The van der Waals surface area contributed by atoms with Crippen LogP contribution in [0.15, 0.2) is 42.5 Å². The zero-order valence-electron chi connectivity index (χ0n) is 10.5. The standard InChI is InChI=1S/C14H10F3NO3/c15-14(16,17)21-10-5-6-11(12(19)7-10)8-1-3-9(4-2-8)13(18)20/h1-7,19H,(H2,18,20). The van der Waals surface area contributed by atoms with Gasteiger partial charge in [-0.1, -0.05) is 12.1 Å². The van der Waals surface area contributed by atoms with Crippen LogP contribution in [-0.4, -0.2) is 17.4 Å². The minimum atomic E-state index is -4.82. The molecule has 3 N–H and O–H groups in total. The molecular weight excluding hydrogens is 287 g/mol. The van der Waals surface area contributed by atoms with Crippen molar-refractivity contribution in [1.29, 1.82) is 0 Å². The van der Waals surface area contributed by atoms with Crippen molar-refractivity contribution in [3.63, 3.8) is 0 Å². The minimum Gasteiger partial charge on any atom is -0.507 e. The van der Waals surface area contributed by atoms with Gasteiger partial charge in [0.25, 0.3) is 0 Å². The van der Waals surface area contributed by atoms with Crippen molar-refractivity contribution in [1.82, 2.24) is 0 Å². The van der Waals surface area contributed by atoms with Crippen molar-refractivity contribution in [3.8, 4) is 22.6 Å². The number of rotatable bonds is 3. The Bertz CT molecular complexity index is 666. The van der Waals surface area contributed by atoms with Crippen LogP contribution in [0, 0.1) is 0 Å². The molecule has 0 unspecified atom stereocenters. The number of benzene rings is 2. The summed E-state index contributed by atoms with van der Waals surface area (Å²) in [7, 11) is 0. The molecule has 2 rings (SSSR count). The van der Waals surface area contributed by atoms with Crippen molar-refractivity contribution in [2.75, 3.05) is 0 Å². The Hall–Kier alpha value is -2.70. The third-order valence-corrected chi connectivity index (χ3v) is 2.68. The molecule has 0 aromatic heterocycles. The molecule has 0 aliphatic heterocycles. The average Bonchev–Trinajstić information content (AvgIpc) is 2.37. The summed E-state index contributed by atoms with van der Waals surface area (Å²) >= 11 is 0. The van der Waals surface area contributed by atoms with Gasteiger partial charge in [-0.25, -0.2) is 0 Å². The van der Waals surface area contributed by atoms with Gasteiger partial charge in [0.05, 0.1) is 0 Å². The van der Waals surface area contributed by atoms with Gasteiger partial charge < -0.3 is 15.6 Å². The molecule has 2 aromatic carbocycles. The van der Waals surface area contributed by atoms with Crippen molar-refractivity contribution in [3.05, 3.63) is 48.0 Å². The maximum Gasteiger partial charge on any atom is 0.573 e. The van der Waals surface area contributed by atoms with E-state index in [1.165, 1.54) is 30.3 Å². The van der Waals surface area contributed by atoms with Gasteiger partial charge in [-0.2, -0.15) is 0 Å². The fourth-order valence-corrected chi connectivity index (χ4v) is 1.77. The van der Waals surface area contributed by atoms with Crippen molar-refractivity contribution in [2.45, 2.75) is 6.36 Å². The molecule has 1 amide bonds. The summed E-state index contributed by atoms with van der Waals surface area (Å²) in [5.41, 5.74) is 6.22. The van der Waals surface area contributed by atoms with Crippen LogP contribution >= 0.6 is 0 Å². The Morgan fingerprint density at radius 2 is 1.71 bits per heavy atom. The van der Waals surface area contributed by atoms with E-state index < -0.39 is 18.0 Å². The smallest absolute Gasteiger partial charge is 0.507 e. The Morgan fingerprint density at radius 1 is 1.10 bits per heavy atom. The maximum atomic E-state index is 12.1. The maximum absolute atomic E-state index is 12.1. The van der Waals surface area contributed by atoms with Crippen LogP contribution in [-0.2, 0) is 0 Å². The van der Waals surface area contributed by atoms with E-state index in [-0.39, 0.29) is 11.3 Å². The second-order valence-corrected chi connectivity index (χ2v) is 4.17. The summed E-state index contributed by atoms with van der Waals surface area (Å²) in [4.78, 5) is 10.9. The molecule has 7 heteroatoms. The number of halogens is 3. The first-order valence-corrected chi connectivity index (χ1v) is 5.75. The molecule has 4 nitrogen and oxygen atoms in total. The average molecular weight is 297 g/mol. The fourth-order valence-electron chi connectivity index (χ4n) is 1.77. The zero-order valence-corrected chi connectivity index (χ0v) is 10.5. The van der Waals surface area contributed by atoms with E-state index in [4.69, 9.17) is 5.73 Å². The van der Waals surface area contributed by atoms with Gasteiger partial charge in [0, 0.05) is 17.2 Å². The number of carbonyl (C=O) groups is 1. The molecular formula is C14H10F3NO3. The summed E-state index contributed by atoms with van der Waals surface area (Å²) in [5.74, 6) is -1.49. The molecule has 0 aliphatic rings. The second-order valence-electron chi connectivity index (χ2n) is 4.17. The van der Waals surface area contributed by atoms with Gasteiger partial charge in [0.15, 0.2) is 0 Å². The molecule has 0 spiro atoms. The van der Waals surface area contributed by atoms with Crippen LogP contribution < -0.4 is 10.5 Å². The topological polar surface area (TPSA) is 72.6 Å². The number of amides is 1. The molecule has 0 aliphatic carbocycles. The van der Waals surface area contributed by atoms with E-state index in [1.807, 2.05) is 0 Å². The molecule has 0 fully saturated rings. The third kappa shape index (κ3) is 3.65. The van der Waals surface area contributed by atoms with E-state index in [0.717, 1.165) is 12.1 Å². The van der Waals surface area contributed by atoms with Crippen LogP contribution in [0.3, 0.4) is 0 Å². The van der Waals surface area contributed by atoms with E-state index >= 15 is 0 Å². The Balaban J connectivity index is 2.30. The SMILES string of the molecule is NC(=O)c1ccc(-c2ccc(OC(F)(F)F)cc2O)cc1. The number of alkyl halides is 3. The van der Waals surface area contributed by atoms with E-state index in [2.05, 4.69) is 4.74 Å². The van der Waals surface area contributed by atoms with Gasteiger partial charge in [-0.05, 0) is 29.8 Å². The van der Waals surface area contributed by atoms with Crippen molar-refractivity contribution in [2.24, 2.45) is 5.73 Å². The Morgan fingerprint density at radius 3 is 2.19 bits per heavy atom. The predicted octanol–water partition coefficient (Wildman–Crippen LogP) is 3.06. The summed E-state index contributed by atoms with van der Waals surface area (Å²) in [6, 6.07) is 9.21. The highest BCUT2D eigenvalue weighted by atomic mass is 19.4. The molecule has 110 valence electrons. The quantitative estimate of drug-likeness (QED) is 0.914. The van der Waals surface area contributed by atoms with Crippen LogP contribution in [0.2, 0.25) is 0 Å². The van der Waals surface area contributed by atoms with Gasteiger partial charge in [-0.3, -0.25) is 4.79 Å². The van der Waals surface area contributed by atoms with E-state index in [0.29, 0.717) is 11.1 Å². The summed E-state index contributed by atoms with van der Waals surface area (Å²) in [6.45, 7) is 0. The first-order chi connectivity index (χ1) is 9.76. The first kappa shape index (κ1) is 14.7. The molecule has 0 saturated carbocycles. The van der Waals surface area contributed by atoms with Gasteiger partial charge in [0.2, 0.25) is 5.91 Å². The van der Waals surface area contributed by atoms with Crippen LogP contribution in [0.25, 0.3) is 11.1 Å². The minimum absolute atomic E-state index is 0.287. The highest BCUT2D eigenvalue weighted by Gasteiger charge is 2.31. The lowest BCUT2D eigenvalue weighted by Crippen LogP contribution is -2.16. The number of carbonyl (C=O) groups excluding carboxylic acids is 1. The fraction of sp³-hybridized carbons (Fsp3) is 0.0714. The number of phenols is 1. The van der Waals surface area contributed by atoms with Gasteiger partial charge in [0.1, 0.15) is 11.5 Å². The van der Waals surface area contributed by atoms with Crippen LogP contribution in [0.5, 0.6) is 11.5 Å². The second kappa shape index (κ2) is 5.35. The van der Waals surface area contributed by atoms with Gasteiger partial charge >= 0.3 is 6.36 Å². The first-order valence-electron chi connectivity index (χ1n) is 5.75. The Labute approximate surface area is 117 Å². The zero-order chi connectivity index (χ0) is 15.6. The molecule has 0 bridgehead atoms. The number of phenolic OH excluding ortho intramolecular Hbond substituents is 1. The van der Waals surface area contributed by atoms with E-state index in [9.17, 15) is 23.1 Å². The number of hydrogen-bond donors (Lipinski definition) is 2. The molecule has 0 heterocycles. The van der Waals surface area contributed by atoms with Crippen LogP contribution in [0.4, 0.5) is 13.2 Å². The molecule has 0 radical (unpaired) electrons. The molecule has 0 saturated heterocycles. The third-order valence-electron chi connectivity index (χ3n) is 2.68. The molecule has 2 aromatic rings. The van der Waals surface area contributed by atoms with E-state index in [1.54, 1.807) is 0 Å². The highest BCUT2D eigenvalue weighted by molar-refractivity contribution is 5.93. The summed E-state index contributed by atoms with van der Waals surface area (Å²) < 4.78 is 39.9. The van der Waals surface area contributed by atoms with Crippen molar-refractivity contribution >= 4 is 5.91 Å². The lowest BCUT2D eigenvalue weighted by atomic mass is 10.0. The highest BCUT2D eigenvalue weighted by Crippen LogP contribution is 2.34. The number of aromatic hydroxyl groups is 1. The Kier molecular flexibility index (Phi) is 3.75. The number of ether oxygens (including phenoxy) is 1. The number of primary amides is 1. The summed E-state index contributed by atoms with van der Waals surface area (Å²) in [6.07, 6.45) is -4.82. The lowest BCUT2D eigenvalue weighted by Gasteiger charge is -2.11. The van der Waals surface area contributed by atoms with Crippen molar-refractivity contribution < 1.29 is 27.8 Å². The normalized spacial score (nSPS) is 11.2.